The van der Waals surface area contributed by atoms with Crippen LogP contribution in [0.15, 0.2) is 35.3 Å². The van der Waals surface area contributed by atoms with E-state index in [9.17, 15) is 0 Å². The fourth-order valence-corrected chi connectivity index (χ4v) is 0.964. The molecule has 0 bridgehead atoms. The Kier molecular flexibility index (Phi) is 1.09. The first-order valence-electron chi connectivity index (χ1n) is 3.19. The summed E-state index contributed by atoms with van der Waals surface area (Å²) in [4.78, 5) is 4.06. The van der Waals surface area contributed by atoms with E-state index in [0.29, 0.717) is 0 Å². The molecule has 46 valence electrons. The summed E-state index contributed by atoms with van der Waals surface area (Å²) in [5, 5.41) is 0. The lowest BCUT2D eigenvalue weighted by Crippen LogP contribution is -1.79. The van der Waals surface area contributed by atoms with Crippen molar-refractivity contribution in [3.8, 4) is 0 Å². The number of hydrogen-bond donors (Lipinski definition) is 0. The van der Waals surface area contributed by atoms with Crippen LogP contribution in [0, 0.1) is 0 Å². The largest absolute Gasteiger partial charge is 0.187 e. The van der Waals surface area contributed by atoms with Gasteiger partial charge in [-0.05, 0) is 12.1 Å². The third-order valence-corrected chi connectivity index (χ3v) is 1.46. The zero-order valence-corrected chi connectivity index (χ0v) is 5.41. The molecule has 1 heteroatoms. The van der Waals surface area contributed by atoms with Gasteiger partial charge >= 0.3 is 0 Å². The Bertz CT molecular complexity index is 266. The predicted molar refractivity (Wildman–Crippen MR) is 42.6 cm³/mol. The van der Waals surface area contributed by atoms with E-state index < -0.39 is 0 Å². The number of nitrogens with zero attached hydrogens (tertiary/aromatic N) is 1. The first-order chi connectivity index (χ1) is 4.97. The molecule has 0 N–H and O–H groups in total. The summed E-state index contributed by atoms with van der Waals surface area (Å²) in [5.74, 6) is 0. The maximum atomic E-state index is 4.06. The summed E-state index contributed by atoms with van der Waals surface area (Å²) in [6, 6.07) is 8.00. The summed E-state index contributed by atoms with van der Waals surface area (Å²) >= 11 is 0. The van der Waals surface area contributed by atoms with E-state index in [0.717, 1.165) is 5.69 Å². The molecular weight excluding hydrogens is 122 g/mol. The third kappa shape index (κ3) is 0.734. The van der Waals surface area contributed by atoms with Crippen LogP contribution in [0.25, 0.3) is 6.08 Å². The third-order valence-electron chi connectivity index (χ3n) is 1.46. The second-order valence-corrected chi connectivity index (χ2v) is 2.13. The summed E-state index contributed by atoms with van der Waals surface area (Å²) in [6.45, 7) is 0. The highest BCUT2D eigenvalue weighted by Crippen LogP contribution is 2.21. The van der Waals surface area contributed by atoms with Crippen molar-refractivity contribution in [3.63, 3.8) is 0 Å². The molecule has 0 saturated carbocycles. The maximum Gasteiger partial charge on any atom is 0.187 e. The molecular formula is C9H6N+. The maximum absolute atomic E-state index is 4.06. The Hall–Kier alpha value is -1.46. The fourth-order valence-electron chi connectivity index (χ4n) is 0.964. The van der Waals surface area contributed by atoms with Crippen molar-refractivity contribution in [3.05, 3.63) is 35.9 Å². The second-order valence-electron chi connectivity index (χ2n) is 2.13. The first-order valence-corrected chi connectivity index (χ1v) is 3.19. The average molecular weight is 128 g/mol. The van der Waals surface area contributed by atoms with Gasteiger partial charge in [0.1, 0.15) is 11.6 Å². The molecule has 1 aromatic rings. The number of rotatable bonds is 0. The molecule has 1 aliphatic rings. The molecule has 0 unspecified atom stereocenters. The highest BCUT2D eigenvalue weighted by Gasteiger charge is 2.06. The second kappa shape index (κ2) is 2.05. The molecule has 0 fully saturated rings. The monoisotopic (exact) mass is 128 g/mol. The average Bonchev–Trinajstić information content (AvgIpc) is 2.05. The van der Waals surface area contributed by atoms with Gasteiger partial charge in [-0.1, -0.05) is 11.1 Å². The lowest BCUT2D eigenvalue weighted by atomic mass is 10.1. The van der Waals surface area contributed by atoms with Gasteiger partial charge in [-0.25, -0.2) is 0 Å². The molecule has 0 aliphatic carbocycles. The lowest BCUT2D eigenvalue weighted by Gasteiger charge is -1.90. The highest BCUT2D eigenvalue weighted by atomic mass is 14.7. The van der Waals surface area contributed by atoms with Crippen LogP contribution in [-0.2, 0) is 0 Å². The van der Waals surface area contributed by atoms with Gasteiger partial charge in [0.25, 0.3) is 0 Å². The minimum Gasteiger partial charge on any atom is -0.0655 e. The summed E-state index contributed by atoms with van der Waals surface area (Å²) in [5.41, 5.74) is 2.17. The molecule has 0 saturated heterocycles. The number of hydrogen-bond acceptors (Lipinski definition) is 1. The molecule has 1 aromatic carbocycles. The van der Waals surface area contributed by atoms with Crippen LogP contribution in [0.1, 0.15) is 5.56 Å². The Morgan fingerprint density at radius 3 is 3.00 bits per heavy atom. The summed E-state index contributed by atoms with van der Waals surface area (Å²) < 4.78 is 0. The number of aliphatic imine (C=N–C) groups is 1. The first kappa shape index (κ1) is 5.33. The van der Waals surface area contributed by atoms with Crippen LogP contribution in [0.5, 0.6) is 0 Å². The molecule has 0 radical (unpaired) electrons. The van der Waals surface area contributed by atoms with Crippen LogP contribution in [0.2, 0.25) is 0 Å². The zero-order valence-electron chi connectivity index (χ0n) is 5.41. The van der Waals surface area contributed by atoms with Crippen molar-refractivity contribution < 1.29 is 0 Å². The molecule has 0 spiro atoms. The van der Waals surface area contributed by atoms with Crippen molar-refractivity contribution in [1.29, 1.82) is 0 Å². The van der Waals surface area contributed by atoms with Crippen molar-refractivity contribution >= 4 is 18.0 Å². The Morgan fingerprint density at radius 2 is 2.10 bits per heavy atom. The van der Waals surface area contributed by atoms with E-state index in [1.807, 2.05) is 36.4 Å². The standard InChI is InChI=1S/C9H6N/c1-2-6-9-8(4-1)5-3-7-10-9/h1-6H/q+1. The van der Waals surface area contributed by atoms with Crippen molar-refractivity contribution in [1.82, 2.24) is 0 Å². The molecule has 1 aliphatic heterocycles. The van der Waals surface area contributed by atoms with Gasteiger partial charge in [0.2, 0.25) is 0 Å². The Labute approximate surface area is 59.7 Å². The Morgan fingerprint density at radius 1 is 1.20 bits per heavy atom. The van der Waals surface area contributed by atoms with Gasteiger partial charge in [0.05, 0.1) is 6.08 Å². The highest BCUT2D eigenvalue weighted by molar-refractivity contribution is 5.87. The normalized spacial score (nSPS) is 12.4. The van der Waals surface area contributed by atoms with Crippen LogP contribution in [-0.4, -0.2) is 6.21 Å². The number of para-hydroxylation sites is 1. The number of allylic oxidation sites excluding steroid dienone is 1. The SMILES string of the molecule is [C+]1=Nc2ccccc2C=C1. The molecule has 10 heavy (non-hydrogen) atoms. The van der Waals surface area contributed by atoms with Gasteiger partial charge < -0.3 is 0 Å². The van der Waals surface area contributed by atoms with Gasteiger partial charge in [0, 0.05) is 6.07 Å². The van der Waals surface area contributed by atoms with E-state index in [4.69, 9.17) is 0 Å². The van der Waals surface area contributed by atoms with Gasteiger partial charge in [-0.15, -0.1) is 0 Å². The van der Waals surface area contributed by atoms with E-state index in [2.05, 4.69) is 11.2 Å². The molecule has 0 aromatic heterocycles. The zero-order chi connectivity index (χ0) is 6.81. The number of fused-ring (bicyclic) bond motifs is 1. The predicted octanol–water partition coefficient (Wildman–Crippen LogP) is 2.29. The minimum atomic E-state index is 1.00. The van der Waals surface area contributed by atoms with E-state index in [1.54, 1.807) is 0 Å². The van der Waals surface area contributed by atoms with Crippen LogP contribution < -0.4 is 0 Å². The minimum absolute atomic E-state index is 1.00. The lowest BCUT2D eigenvalue weighted by molar-refractivity contribution is 1.50. The summed E-state index contributed by atoms with van der Waals surface area (Å²) in [6.07, 6.45) is 6.61. The molecule has 0 atom stereocenters. The molecule has 1 heterocycles. The van der Waals surface area contributed by atoms with E-state index in [-0.39, 0.29) is 0 Å². The molecule has 2 rings (SSSR count). The smallest absolute Gasteiger partial charge is 0.0655 e. The molecule has 0 amide bonds. The van der Waals surface area contributed by atoms with Crippen LogP contribution >= 0.6 is 0 Å². The number of benzene rings is 1. The van der Waals surface area contributed by atoms with Crippen molar-refractivity contribution in [2.45, 2.75) is 0 Å². The van der Waals surface area contributed by atoms with Crippen LogP contribution in [0.4, 0.5) is 5.69 Å². The fraction of sp³-hybridized carbons (Fsp3) is 0. The van der Waals surface area contributed by atoms with Crippen LogP contribution in [0.3, 0.4) is 0 Å². The van der Waals surface area contributed by atoms with Gasteiger partial charge in [-0.2, -0.15) is 0 Å². The molecule has 1 nitrogen and oxygen atoms in total. The van der Waals surface area contributed by atoms with E-state index in [1.165, 1.54) is 5.56 Å². The van der Waals surface area contributed by atoms with E-state index >= 15 is 0 Å². The van der Waals surface area contributed by atoms with Crippen molar-refractivity contribution in [2.75, 3.05) is 0 Å². The summed E-state index contributed by atoms with van der Waals surface area (Å²) in [7, 11) is 0. The quantitative estimate of drug-likeness (QED) is 0.475. The van der Waals surface area contributed by atoms with Gasteiger partial charge in [0.15, 0.2) is 11.9 Å². The topological polar surface area (TPSA) is 12.4 Å². The van der Waals surface area contributed by atoms with Gasteiger partial charge in [-0.3, -0.25) is 0 Å². The Balaban J connectivity index is 2.65. The van der Waals surface area contributed by atoms with Crippen molar-refractivity contribution in [2.24, 2.45) is 4.99 Å².